The summed E-state index contributed by atoms with van der Waals surface area (Å²) in [5.41, 5.74) is 0.201. The first kappa shape index (κ1) is 25.5. The quantitative estimate of drug-likeness (QED) is 0.292. The predicted octanol–water partition coefficient (Wildman–Crippen LogP) is 6.08. The van der Waals surface area contributed by atoms with Crippen LogP contribution in [0, 0.1) is 0 Å². The molecule has 1 N–H and O–H groups in total. The van der Waals surface area contributed by atoms with Crippen LogP contribution in [0.15, 0.2) is 66.7 Å². The van der Waals surface area contributed by atoms with Gasteiger partial charge in [0.2, 0.25) is 0 Å². The maximum absolute atomic E-state index is 13.3. The van der Waals surface area contributed by atoms with E-state index in [1.54, 1.807) is 36.4 Å². The van der Waals surface area contributed by atoms with Crippen LogP contribution in [0.1, 0.15) is 21.5 Å². The Hall–Kier alpha value is -4.14. The van der Waals surface area contributed by atoms with Gasteiger partial charge in [-0.3, -0.25) is 4.79 Å². The van der Waals surface area contributed by atoms with Crippen LogP contribution in [0.4, 0.5) is 18.9 Å². The molecule has 0 aliphatic rings. The van der Waals surface area contributed by atoms with Crippen molar-refractivity contribution in [1.82, 2.24) is 0 Å². The summed E-state index contributed by atoms with van der Waals surface area (Å²) in [6, 6.07) is 14.3. The molecule has 0 bridgehead atoms. The van der Waals surface area contributed by atoms with Crippen molar-refractivity contribution in [2.75, 3.05) is 33.8 Å². The Morgan fingerprint density at radius 3 is 1.89 bits per heavy atom. The number of ketones is 1. The van der Waals surface area contributed by atoms with Crippen molar-refractivity contribution in [3.05, 3.63) is 83.4 Å². The van der Waals surface area contributed by atoms with Gasteiger partial charge in [-0.05, 0) is 42.5 Å². The summed E-state index contributed by atoms with van der Waals surface area (Å²) in [5, 5.41) is 2.93. The van der Waals surface area contributed by atoms with Crippen molar-refractivity contribution in [2.45, 2.75) is 6.18 Å². The third-order valence-electron chi connectivity index (χ3n) is 5.12. The van der Waals surface area contributed by atoms with E-state index in [-0.39, 0.29) is 22.7 Å². The monoisotopic (exact) mass is 487 g/mol. The molecule has 0 heterocycles. The fourth-order valence-corrected chi connectivity index (χ4v) is 3.34. The van der Waals surface area contributed by atoms with Crippen LogP contribution in [0.2, 0.25) is 0 Å². The summed E-state index contributed by atoms with van der Waals surface area (Å²) in [7, 11) is 5.84. The van der Waals surface area contributed by atoms with Gasteiger partial charge < -0.3 is 24.3 Å². The smallest absolute Gasteiger partial charge is 0.416 e. The largest absolute Gasteiger partial charge is 0.497 e. The lowest BCUT2D eigenvalue weighted by molar-refractivity contribution is -0.137. The highest BCUT2D eigenvalue weighted by Gasteiger charge is 2.30. The molecule has 0 amide bonds. The van der Waals surface area contributed by atoms with Gasteiger partial charge in [-0.15, -0.1) is 0 Å². The maximum Gasteiger partial charge on any atom is 0.416 e. The summed E-state index contributed by atoms with van der Waals surface area (Å²) in [6.45, 7) is 0. The van der Waals surface area contributed by atoms with E-state index in [9.17, 15) is 18.0 Å². The number of nitrogens with one attached hydrogen (secondary N) is 1. The van der Waals surface area contributed by atoms with Crippen LogP contribution in [0.25, 0.3) is 5.70 Å². The Balaban J connectivity index is 2.12. The summed E-state index contributed by atoms with van der Waals surface area (Å²) in [6.07, 6.45) is -3.25. The van der Waals surface area contributed by atoms with Gasteiger partial charge >= 0.3 is 6.18 Å². The number of methoxy groups -OCH3 is 4. The van der Waals surface area contributed by atoms with Crippen molar-refractivity contribution < 1.29 is 36.9 Å². The number of carbonyl (C=O) groups is 1. The Morgan fingerprint density at radius 2 is 1.34 bits per heavy atom. The lowest BCUT2D eigenvalue weighted by Gasteiger charge is -2.17. The summed E-state index contributed by atoms with van der Waals surface area (Å²) in [5.74, 6) is 1.20. The van der Waals surface area contributed by atoms with E-state index in [0.717, 1.165) is 12.1 Å². The number of hydrogen-bond donors (Lipinski definition) is 1. The molecule has 0 atom stereocenters. The zero-order valence-corrected chi connectivity index (χ0v) is 19.5. The Labute approximate surface area is 200 Å². The molecule has 0 fully saturated rings. The molecule has 35 heavy (non-hydrogen) atoms. The predicted molar refractivity (Wildman–Crippen MR) is 126 cm³/mol. The molecule has 0 unspecified atom stereocenters. The SMILES string of the molecule is COc1ccc(C(=O)/C=C(\Nc2cccc(C(F)(F)F)c2)c2ccc(OC)cc2OC)c(OC)c1. The molecule has 0 aliphatic carbocycles. The number of allylic oxidation sites excluding steroid dienone is 1. The summed E-state index contributed by atoms with van der Waals surface area (Å²) in [4.78, 5) is 13.3. The van der Waals surface area contributed by atoms with Crippen LogP contribution in [0.3, 0.4) is 0 Å². The second-order valence-corrected chi connectivity index (χ2v) is 7.26. The zero-order valence-electron chi connectivity index (χ0n) is 19.5. The first-order valence-corrected chi connectivity index (χ1v) is 10.3. The first-order chi connectivity index (χ1) is 16.7. The molecule has 3 aromatic rings. The zero-order chi connectivity index (χ0) is 25.6. The number of anilines is 1. The second-order valence-electron chi connectivity index (χ2n) is 7.26. The topological polar surface area (TPSA) is 66.0 Å². The van der Waals surface area contributed by atoms with Crippen molar-refractivity contribution in [2.24, 2.45) is 0 Å². The molecule has 3 aromatic carbocycles. The van der Waals surface area contributed by atoms with Crippen LogP contribution in [0.5, 0.6) is 23.0 Å². The molecule has 6 nitrogen and oxygen atoms in total. The van der Waals surface area contributed by atoms with E-state index in [1.165, 1.54) is 46.6 Å². The van der Waals surface area contributed by atoms with Gasteiger partial charge in [0.15, 0.2) is 5.78 Å². The van der Waals surface area contributed by atoms with Gasteiger partial charge in [0.05, 0.1) is 45.3 Å². The Morgan fingerprint density at radius 1 is 0.771 bits per heavy atom. The molecule has 3 rings (SSSR count). The molecule has 184 valence electrons. The van der Waals surface area contributed by atoms with Crippen LogP contribution < -0.4 is 24.3 Å². The van der Waals surface area contributed by atoms with E-state index < -0.39 is 17.5 Å². The highest BCUT2D eigenvalue weighted by molar-refractivity contribution is 6.11. The van der Waals surface area contributed by atoms with Crippen molar-refractivity contribution >= 4 is 17.2 Å². The highest BCUT2D eigenvalue weighted by atomic mass is 19.4. The maximum atomic E-state index is 13.3. The number of hydrogen-bond acceptors (Lipinski definition) is 6. The lowest BCUT2D eigenvalue weighted by atomic mass is 10.0. The molecule has 0 aromatic heterocycles. The molecular weight excluding hydrogens is 463 g/mol. The van der Waals surface area contributed by atoms with Gasteiger partial charge in [-0.25, -0.2) is 0 Å². The fraction of sp³-hybridized carbons (Fsp3) is 0.192. The number of rotatable bonds is 9. The van der Waals surface area contributed by atoms with Crippen LogP contribution >= 0.6 is 0 Å². The molecule has 0 spiro atoms. The number of carbonyl (C=O) groups excluding carboxylic acids is 1. The third-order valence-corrected chi connectivity index (χ3v) is 5.12. The van der Waals surface area contributed by atoms with Crippen molar-refractivity contribution in [1.29, 1.82) is 0 Å². The summed E-state index contributed by atoms with van der Waals surface area (Å²) >= 11 is 0. The molecular formula is C26H24F3NO5. The van der Waals surface area contributed by atoms with Gasteiger partial charge in [0.25, 0.3) is 0 Å². The average Bonchev–Trinajstić information content (AvgIpc) is 2.87. The highest BCUT2D eigenvalue weighted by Crippen LogP contribution is 2.35. The molecule has 0 aliphatic heterocycles. The fourth-order valence-electron chi connectivity index (χ4n) is 3.34. The standard InChI is InChI=1S/C26H24F3NO5/c1-32-18-8-10-20(24(13-18)34-3)22(30-17-7-5-6-16(12-17)26(27,28)29)15-23(31)21-11-9-19(33-2)14-25(21)35-4/h5-15,30H,1-4H3/b22-15-. The van der Waals surface area contributed by atoms with Crippen molar-refractivity contribution in [3.8, 4) is 23.0 Å². The first-order valence-electron chi connectivity index (χ1n) is 10.3. The Bertz CT molecular complexity index is 1240. The number of ether oxygens (including phenoxy) is 4. The van der Waals surface area contributed by atoms with Crippen molar-refractivity contribution in [3.63, 3.8) is 0 Å². The van der Waals surface area contributed by atoms with Gasteiger partial charge in [-0.1, -0.05) is 6.07 Å². The normalized spacial score (nSPS) is 11.6. The lowest BCUT2D eigenvalue weighted by Crippen LogP contribution is -2.08. The average molecular weight is 487 g/mol. The van der Waals surface area contributed by atoms with Gasteiger partial charge in [0, 0.05) is 29.5 Å². The van der Waals surface area contributed by atoms with Gasteiger partial charge in [-0.2, -0.15) is 13.2 Å². The van der Waals surface area contributed by atoms with Gasteiger partial charge in [0.1, 0.15) is 23.0 Å². The summed E-state index contributed by atoms with van der Waals surface area (Å²) < 4.78 is 60.9. The minimum absolute atomic E-state index is 0.137. The number of benzene rings is 3. The number of alkyl halides is 3. The van der Waals surface area contributed by atoms with Crippen LogP contribution in [-0.2, 0) is 6.18 Å². The van der Waals surface area contributed by atoms with E-state index in [2.05, 4.69) is 5.32 Å². The van der Waals surface area contributed by atoms with E-state index in [0.29, 0.717) is 22.8 Å². The van der Waals surface area contributed by atoms with Crippen LogP contribution in [-0.4, -0.2) is 34.2 Å². The third kappa shape index (κ3) is 6.06. The minimum Gasteiger partial charge on any atom is -0.497 e. The van der Waals surface area contributed by atoms with E-state index in [4.69, 9.17) is 18.9 Å². The Kier molecular flexibility index (Phi) is 7.91. The molecule has 0 radical (unpaired) electrons. The molecule has 0 saturated heterocycles. The van der Waals surface area contributed by atoms with E-state index >= 15 is 0 Å². The second kappa shape index (κ2) is 10.9. The molecule has 9 heteroatoms. The number of halogens is 3. The van der Waals surface area contributed by atoms with E-state index in [1.807, 2.05) is 0 Å². The molecule has 0 saturated carbocycles. The minimum atomic E-state index is -4.52.